The molecule has 1 aromatic heterocycles. The zero-order chi connectivity index (χ0) is 22.5. The highest BCUT2D eigenvalue weighted by molar-refractivity contribution is 6.32. The summed E-state index contributed by atoms with van der Waals surface area (Å²) in [5.74, 6) is -4.44. The molecule has 0 spiro atoms. The van der Waals surface area contributed by atoms with E-state index >= 15 is 0 Å². The maximum absolute atomic E-state index is 13.6. The quantitative estimate of drug-likeness (QED) is 0.690. The topological polar surface area (TPSA) is 99.6 Å². The largest absolute Gasteiger partial charge is 0.480 e. The summed E-state index contributed by atoms with van der Waals surface area (Å²) in [6.07, 6.45) is 2.12. The monoisotopic (exact) mass is 441 g/mol. The molecule has 162 valence electrons. The summed E-state index contributed by atoms with van der Waals surface area (Å²) in [6.45, 7) is 5.49. The number of aromatic nitrogens is 1. The van der Waals surface area contributed by atoms with Gasteiger partial charge in [-0.2, -0.15) is 0 Å². The maximum Gasteiger partial charge on any atom is 0.325 e. The fourth-order valence-corrected chi connectivity index (χ4v) is 5.09. The molecule has 4 rings (SSSR count). The number of rotatable bonds is 5. The molecule has 2 saturated heterocycles. The van der Waals surface area contributed by atoms with Crippen molar-refractivity contribution in [2.45, 2.75) is 38.8 Å². The number of halogens is 1. The Bertz CT molecular complexity index is 1060. The molecule has 2 aliphatic rings. The molecule has 0 radical (unpaired) electrons. The molecule has 3 heterocycles. The van der Waals surface area contributed by atoms with Crippen LogP contribution in [-0.4, -0.2) is 33.4 Å². The number of amides is 2. The zero-order valence-electron chi connectivity index (χ0n) is 17.5. The van der Waals surface area contributed by atoms with E-state index in [0.29, 0.717) is 22.8 Å². The van der Waals surface area contributed by atoms with Crippen molar-refractivity contribution in [1.82, 2.24) is 10.3 Å². The first kappa shape index (κ1) is 21.5. The minimum absolute atomic E-state index is 0.350. The summed E-state index contributed by atoms with van der Waals surface area (Å²) in [6, 6.07) is 9.54. The number of carbonyl (C=O) groups is 3. The molecular weight excluding hydrogens is 418 g/mol. The highest BCUT2D eigenvalue weighted by Crippen LogP contribution is 2.52. The van der Waals surface area contributed by atoms with Gasteiger partial charge < -0.3 is 5.11 Å². The van der Waals surface area contributed by atoms with Crippen molar-refractivity contribution in [1.29, 1.82) is 0 Å². The minimum Gasteiger partial charge on any atom is -0.480 e. The zero-order valence-corrected chi connectivity index (χ0v) is 18.3. The third-order valence-corrected chi connectivity index (χ3v) is 7.17. The Morgan fingerprint density at radius 2 is 2.03 bits per heavy atom. The van der Waals surface area contributed by atoms with Crippen LogP contribution in [-0.2, 0) is 14.4 Å². The van der Waals surface area contributed by atoms with Crippen LogP contribution in [0, 0.1) is 24.7 Å². The minimum atomic E-state index is -1.59. The van der Waals surface area contributed by atoms with Crippen LogP contribution in [0.15, 0.2) is 42.6 Å². The first-order valence-corrected chi connectivity index (χ1v) is 10.7. The standard InChI is InChI=1S/C23H24ClN3O4/c1-4-13(3)23(22(30)31)18-17(19(26-23)16-7-5-6-10-25-16)20(28)27(21(18)29)14-9-8-12(2)15(24)11-14/h5-11,13,17-19,26H,4H2,1-3H3,(H,30,31). The third kappa shape index (κ3) is 3.06. The number of anilines is 1. The number of benzene rings is 1. The Morgan fingerprint density at radius 3 is 2.61 bits per heavy atom. The molecule has 2 fully saturated rings. The lowest BCUT2D eigenvalue weighted by Crippen LogP contribution is -2.59. The summed E-state index contributed by atoms with van der Waals surface area (Å²) in [5, 5.41) is 13.9. The van der Waals surface area contributed by atoms with Crippen molar-refractivity contribution in [3.8, 4) is 0 Å². The number of carboxylic acids is 1. The van der Waals surface area contributed by atoms with Gasteiger partial charge in [-0.1, -0.05) is 44.0 Å². The first-order chi connectivity index (χ1) is 14.7. The smallest absolute Gasteiger partial charge is 0.325 e. The van der Waals surface area contributed by atoms with E-state index in [0.717, 1.165) is 10.5 Å². The van der Waals surface area contributed by atoms with Gasteiger partial charge in [0.05, 0.1) is 29.3 Å². The predicted octanol–water partition coefficient (Wildman–Crippen LogP) is 3.36. The van der Waals surface area contributed by atoms with Crippen LogP contribution in [0.5, 0.6) is 0 Å². The van der Waals surface area contributed by atoms with Crippen molar-refractivity contribution < 1.29 is 19.5 Å². The Kier molecular flexibility index (Phi) is 5.35. The molecule has 0 saturated carbocycles. The summed E-state index contributed by atoms with van der Waals surface area (Å²) in [7, 11) is 0. The molecule has 0 aliphatic carbocycles. The number of hydrogen-bond acceptors (Lipinski definition) is 5. The van der Waals surface area contributed by atoms with Gasteiger partial charge in [-0.05, 0) is 42.7 Å². The van der Waals surface area contributed by atoms with E-state index in [4.69, 9.17) is 11.6 Å². The van der Waals surface area contributed by atoms with Crippen LogP contribution in [0.25, 0.3) is 0 Å². The second kappa shape index (κ2) is 7.73. The molecule has 2 N–H and O–H groups in total. The summed E-state index contributed by atoms with van der Waals surface area (Å²) in [5.41, 5.74) is 0.117. The lowest BCUT2D eigenvalue weighted by atomic mass is 9.72. The van der Waals surface area contributed by atoms with Crippen molar-refractivity contribution in [2.75, 3.05) is 4.90 Å². The molecule has 2 aromatic rings. The molecule has 2 amide bonds. The van der Waals surface area contributed by atoms with Gasteiger partial charge in [0.2, 0.25) is 11.8 Å². The molecule has 5 unspecified atom stereocenters. The molecule has 7 nitrogen and oxygen atoms in total. The molecule has 31 heavy (non-hydrogen) atoms. The number of carboxylic acid groups (broad SMARTS) is 1. The Labute approximate surface area is 185 Å². The van der Waals surface area contributed by atoms with Crippen molar-refractivity contribution in [3.05, 3.63) is 58.9 Å². The highest BCUT2D eigenvalue weighted by Gasteiger charge is 2.70. The van der Waals surface area contributed by atoms with E-state index in [2.05, 4.69) is 10.3 Å². The van der Waals surface area contributed by atoms with Gasteiger partial charge in [-0.25, -0.2) is 4.90 Å². The molecule has 8 heteroatoms. The first-order valence-electron chi connectivity index (χ1n) is 10.3. The van der Waals surface area contributed by atoms with Crippen molar-refractivity contribution >= 4 is 35.1 Å². The van der Waals surface area contributed by atoms with Crippen LogP contribution in [0.1, 0.15) is 37.6 Å². The number of aryl methyl sites for hydroxylation is 1. The van der Waals surface area contributed by atoms with Crippen LogP contribution >= 0.6 is 11.6 Å². The average Bonchev–Trinajstić information content (AvgIpc) is 3.25. The maximum atomic E-state index is 13.6. The van der Waals surface area contributed by atoms with Crippen LogP contribution in [0.2, 0.25) is 5.02 Å². The van der Waals surface area contributed by atoms with Gasteiger partial charge >= 0.3 is 5.97 Å². The molecule has 2 aliphatic heterocycles. The van der Waals surface area contributed by atoms with Gasteiger partial charge in [0.1, 0.15) is 5.54 Å². The highest BCUT2D eigenvalue weighted by atomic mass is 35.5. The number of pyridine rings is 1. The fourth-order valence-electron chi connectivity index (χ4n) is 4.91. The summed E-state index contributed by atoms with van der Waals surface area (Å²) in [4.78, 5) is 45.4. The number of aliphatic carboxylic acids is 1. The fraction of sp³-hybridized carbons (Fsp3) is 0.391. The number of nitrogens with zero attached hydrogens (tertiary/aromatic N) is 2. The Hall–Kier alpha value is -2.77. The van der Waals surface area contributed by atoms with Crippen LogP contribution in [0.3, 0.4) is 0 Å². The summed E-state index contributed by atoms with van der Waals surface area (Å²) < 4.78 is 0. The van der Waals surface area contributed by atoms with Crippen LogP contribution in [0.4, 0.5) is 5.69 Å². The third-order valence-electron chi connectivity index (χ3n) is 6.76. The van der Waals surface area contributed by atoms with E-state index in [1.54, 1.807) is 49.5 Å². The van der Waals surface area contributed by atoms with Gasteiger partial charge in [0.25, 0.3) is 0 Å². The molecule has 1 aromatic carbocycles. The Balaban J connectivity index is 1.89. The van der Waals surface area contributed by atoms with Gasteiger partial charge in [-0.15, -0.1) is 0 Å². The average molecular weight is 442 g/mol. The lowest BCUT2D eigenvalue weighted by Gasteiger charge is -2.36. The molecule has 0 bridgehead atoms. The van der Waals surface area contributed by atoms with E-state index < -0.39 is 47.1 Å². The number of imide groups is 1. The SMILES string of the molecule is CCC(C)C1(C(=O)O)NC(c2ccccn2)C2C(=O)N(c3ccc(C)c(Cl)c3)C(=O)C21. The van der Waals surface area contributed by atoms with Crippen LogP contribution < -0.4 is 10.2 Å². The summed E-state index contributed by atoms with van der Waals surface area (Å²) >= 11 is 6.25. The number of carbonyl (C=O) groups excluding carboxylic acids is 2. The van der Waals surface area contributed by atoms with Gasteiger partial charge in [-0.3, -0.25) is 24.7 Å². The predicted molar refractivity (Wildman–Crippen MR) is 116 cm³/mol. The lowest BCUT2D eigenvalue weighted by molar-refractivity contribution is -0.151. The second-order valence-electron chi connectivity index (χ2n) is 8.31. The van der Waals surface area contributed by atoms with Gasteiger partial charge in [0, 0.05) is 11.2 Å². The van der Waals surface area contributed by atoms with E-state index in [1.807, 2.05) is 13.8 Å². The number of nitrogens with one attached hydrogen (secondary N) is 1. The molecule has 5 atom stereocenters. The van der Waals surface area contributed by atoms with Crippen molar-refractivity contribution in [2.24, 2.45) is 17.8 Å². The van der Waals surface area contributed by atoms with Gasteiger partial charge in [0.15, 0.2) is 0 Å². The number of hydrogen-bond donors (Lipinski definition) is 2. The Morgan fingerprint density at radius 1 is 1.29 bits per heavy atom. The second-order valence-corrected chi connectivity index (χ2v) is 8.72. The molecular formula is C23H24ClN3O4. The van der Waals surface area contributed by atoms with E-state index in [1.165, 1.54) is 0 Å². The van der Waals surface area contributed by atoms with E-state index in [9.17, 15) is 19.5 Å². The van der Waals surface area contributed by atoms with Crippen molar-refractivity contribution in [3.63, 3.8) is 0 Å². The normalized spacial score (nSPS) is 28.6. The number of fused-ring (bicyclic) bond motifs is 1. The van der Waals surface area contributed by atoms with E-state index in [-0.39, 0.29) is 0 Å².